The van der Waals surface area contributed by atoms with Crippen LogP contribution in [0.4, 0.5) is 0 Å². The molecule has 5 heteroatoms. The van der Waals surface area contributed by atoms with Gasteiger partial charge in [-0.2, -0.15) is 0 Å². The number of methoxy groups -OCH3 is 1. The van der Waals surface area contributed by atoms with E-state index in [0.29, 0.717) is 10.9 Å². The minimum Gasteiger partial charge on any atom is -0.497 e. The van der Waals surface area contributed by atoms with Crippen molar-refractivity contribution in [3.05, 3.63) is 59.1 Å². The summed E-state index contributed by atoms with van der Waals surface area (Å²) in [6.07, 6.45) is 3.45. The molecule has 4 heterocycles. The standard InChI is InChI=1S/C18H11N3O2/c1-23-10-4-5-14-13(9-10)11-6-8-20-16-15-12(3-2-7-19-15)18(22)21(14)17(11)16/h2-9H,1H3. The van der Waals surface area contributed by atoms with Gasteiger partial charge in [0.2, 0.25) is 0 Å². The third kappa shape index (κ3) is 1.43. The fraction of sp³-hybridized carbons (Fsp3) is 0.0556. The van der Waals surface area contributed by atoms with Crippen LogP contribution in [-0.2, 0) is 0 Å². The summed E-state index contributed by atoms with van der Waals surface area (Å²) in [5.74, 6) is 0.761. The minimum atomic E-state index is -0.0706. The highest BCUT2D eigenvalue weighted by Gasteiger charge is 2.18. The van der Waals surface area contributed by atoms with Gasteiger partial charge in [-0.25, -0.2) is 0 Å². The Bertz CT molecular complexity index is 1270. The molecule has 23 heavy (non-hydrogen) atoms. The Morgan fingerprint density at radius 1 is 0.957 bits per heavy atom. The van der Waals surface area contributed by atoms with Gasteiger partial charge in [0, 0.05) is 23.2 Å². The second-order valence-electron chi connectivity index (χ2n) is 5.48. The number of aromatic nitrogens is 3. The van der Waals surface area contributed by atoms with Crippen LogP contribution in [0.25, 0.3) is 38.2 Å². The molecule has 0 radical (unpaired) electrons. The first-order chi connectivity index (χ1) is 11.3. The topological polar surface area (TPSA) is 56.5 Å². The Morgan fingerprint density at radius 3 is 2.70 bits per heavy atom. The number of rotatable bonds is 1. The smallest absolute Gasteiger partial charge is 0.265 e. The van der Waals surface area contributed by atoms with Crippen LogP contribution in [0.3, 0.4) is 0 Å². The Balaban J connectivity index is 2.21. The Labute approximate surface area is 130 Å². The Kier molecular flexibility index (Phi) is 2.24. The van der Waals surface area contributed by atoms with Gasteiger partial charge in [0.25, 0.3) is 5.56 Å². The molecule has 1 aromatic carbocycles. The van der Waals surface area contributed by atoms with E-state index in [2.05, 4.69) is 9.97 Å². The molecule has 0 spiro atoms. The molecule has 0 unspecified atom stereocenters. The summed E-state index contributed by atoms with van der Waals surface area (Å²) >= 11 is 0. The van der Waals surface area contributed by atoms with Crippen LogP contribution in [0.1, 0.15) is 0 Å². The average Bonchev–Trinajstić information content (AvgIpc) is 2.94. The van der Waals surface area contributed by atoms with E-state index in [1.165, 1.54) is 0 Å². The predicted molar refractivity (Wildman–Crippen MR) is 89.5 cm³/mol. The van der Waals surface area contributed by atoms with Gasteiger partial charge < -0.3 is 4.74 Å². The number of benzene rings is 1. The lowest BCUT2D eigenvalue weighted by atomic mass is 10.1. The Morgan fingerprint density at radius 2 is 1.83 bits per heavy atom. The highest BCUT2D eigenvalue weighted by atomic mass is 16.5. The molecule has 0 aliphatic rings. The molecule has 5 aromatic rings. The molecule has 5 nitrogen and oxygen atoms in total. The fourth-order valence-corrected chi connectivity index (χ4v) is 3.34. The summed E-state index contributed by atoms with van der Waals surface area (Å²) in [7, 11) is 1.64. The molecule has 4 aromatic heterocycles. The molecule has 0 aliphatic heterocycles. The molecule has 0 atom stereocenters. The van der Waals surface area contributed by atoms with E-state index in [4.69, 9.17) is 4.74 Å². The van der Waals surface area contributed by atoms with Crippen molar-refractivity contribution in [1.82, 2.24) is 14.4 Å². The zero-order valence-electron chi connectivity index (χ0n) is 12.3. The lowest BCUT2D eigenvalue weighted by molar-refractivity contribution is 0.415. The molecular weight excluding hydrogens is 290 g/mol. The van der Waals surface area contributed by atoms with E-state index >= 15 is 0 Å². The summed E-state index contributed by atoms with van der Waals surface area (Å²) < 4.78 is 7.06. The highest BCUT2D eigenvalue weighted by Crippen LogP contribution is 2.33. The van der Waals surface area contributed by atoms with E-state index in [9.17, 15) is 4.79 Å². The number of hydrogen-bond donors (Lipinski definition) is 0. The van der Waals surface area contributed by atoms with Gasteiger partial charge in [0.15, 0.2) is 0 Å². The van der Waals surface area contributed by atoms with Gasteiger partial charge in [0.1, 0.15) is 16.8 Å². The second kappa shape index (κ2) is 4.16. The summed E-state index contributed by atoms with van der Waals surface area (Å²) in [6.45, 7) is 0. The normalized spacial score (nSPS) is 11.9. The molecule has 0 N–H and O–H groups in total. The van der Waals surface area contributed by atoms with Gasteiger partial charge in [-0.3, -0.25) is 19.2 Å². The largest absolute Gasteiger partial charge is 0.497 e. The third-order valence-electron chi connectivity index (χ3n) is 4.35. The highest BCUT2D eigenvalue weighted by molar-refractivity contribution is 6.18. The maximum absolute atomic E-state index is 13.0. The summed E-state index contributed by atoms with van der Waals surface area (Å²) in [5, 5.41) is 2.53. The van der Waals surface area contributed by atoms with Crippen molar-refractivity contribution in [2.45, 2.75) is 0 Å². The average molecular weight is 301 g/mol. The lowest BCUT2D eigenvalue weighted by Crippen LogP contribution is -2.13. The number of pyridine rings is 3. The monoisotopic (exact) mass is 301 g/mol. The van der Waals surface area contributed by atoms with E-state index in [1.54, 1.807) is 36.0 Å². The molecule has 0 saturated heterocycles. The first kappa shape index (κ1) is 12.3. The van der Waals surface area contributed by atoms with Crippen molar-refractivity contribution in [2.75, 3.05) is 7.11 Å². The summed E-state index contributed by atoms with van der Waals surface area (Å²) in [5.41, 5.74) is 2.98. The van der Waals surface area contributed by atoms with Gasteiger partial charge in [-0.1, -0.05) is 0 Å². The van der Waals surface area contributed by atoms with Crippen LogP contribution in [0.2, 0.25) is 0 Å². The van der Waals surface area contributed by atoms with Crippen molar-refractivity contribution >= 4 is 38.2 Å². The van der Waals surface area contributed by atoms with Crippen molar-refractivity contribution in [3.8, 4) is 5.75 Å². The Hall–Kier alpha value is -3.21. The summed E-state index contributed by atoms with van der Waals surface area (Å²) in [6, 6.07) is 11.2. The molecular formula is C18H11N3O2. The van der Waals surface area contributed by atoms with Crippen LogP contribution < -0.4 is 10.3 Å². The maximum Gasteiger partial charge on any atom is 0.265 e. The molecule has 0 amide bonds. The van der Waals surface area contributed by atoms with Crippen LogP contribution in [0.5, 0.6) is 5.75 Å². The molecule has 0 saturated carbocycles. The van der Waals surface area contributed by atoms with Crippen LogP contribution in [0, 0.1) is 0 Å². The first-order valence-corrected chi connectivity index (χ1v) is 7.27. The number of hydrogen-bond acceptors (Lipinski definition) is 4. The van der Waals surface area contributed by atoms with E-state index in [-0.39, 0.29) is 5.56 Å². The molecule has 0 aliphatic carbocycles. The van der Waals surface area contributed by atoms with Gasteiger partial charge >= 0.3 is 0 Å². The quantitative estimate of drug-likeness (QED) is 0.447. The third-order valence-corrected chi connectivity index (χ3v) is 4.35. The van der Waals surface area contributed by atoms with Crippen molar-refractivity contribution in [1.29, 1.82) is 0 Å². The van der Waals surface area contributed by atoms with Crippen molar-refractivity contribution in [3.63, 3.8) is 0 Å². The molecule has 0 bridgehead atoms. The number of ether oxygens (including phenoxy) is 1. The van der Waals surface area contributed by atoms with Crippen LogP contribution in [-0.4, -0.2) is 21.5 Å². The molecule has 110 valence electrons. The number of fused-ring (bicyclic) bond motifs is 5. The van der Waals surface area contributed by atoms with Crippen LogP contribution >= 0.6 is 0 Å². The summed E-state index contributed by atoms with van der Waals surface area (Å²) in [4.78, 5) is 21.8. The van der Waals surface area contributed by atoms with Crippen molar-refractivity contribution in [2.24, 2.45) is 0 Å². The van der Waals surface area contributed by atoms with Crippen LogP contribution in [0.15, 0.2) is 53.6 Å². The van der Waals surface area contributed by atoms with Crippen molar-refractivity contribution < 1.29 is 4.74 Å². The second-order valence-corrected chi connectivity index (χ2v) is 5.48. The van der Waals surface area contributed by atoms with Gasteiger partial charge in [-0.15, -0.1) is 0 Å². The molecule has 5 rings (SSSR count). The lowest BCUT2D eigenvalue weighted by Gasteiger charge is -2.03. The number of nitrogens with zero attached hydrogens (tertiary/aromatic N) is 3. The van der Waals surface area contributed by atoms with E-state index in [1.807, 2.05) is 24.3 Å². The maximum atomic E-state index is 13.0. The predicted octanol–water partition coefficient (Wildman–Crippen LogP) is 3.00. The SMILES string of the molecule is COc1ccc2c(c1)c1ccnc3c4ncccc4c(=O)n2c13. The first-order valence-electron chi connectivity index (χ1n) is 7.27. The fourth-order valence-electron chi connectivity index (χ4n) is 3.34. The minimum absolute atomic E-state index is 0.0706. The van der Waals surface area contributed by atoms with Gasteiger partial charge in [0.05, 0.1) is 23.5 Å². The van der Waals surface area contributed by atoms with E-state index < -0.39 is 0 Å². The zero-order chi connectivity index (χ0) is 15.6. The zero-order valence-corrected chi connectivity index (χ0v) is 12.3. The molecule has 0 fully saturated rings. The van der Waals surface area contributed by atoms with E-state index in [0.717, 1.165) is 33.1 Å². The van der Waals surface area contributed by atoms with Gasteiger partial charge in [-0.05, 0) is 36.4 Å².